The average molecular weight is 411 g/mol. The molecule has 160 valence electrons. The van der Waals surface area contributed by atoms with Gasteiger partial charge in [0, 0.05) is 37.1 Å². The van der Waals surface area contributed by atoms with Crippen molar-refractivity contribution < 1.29 is 19.5 Å². The minimum atomic E-state index is -0.583. The molecule has 1 aromatic carbocycles. The number of hydrogen-bond acceptors (Lipinski definition) is 4. The number of aliphatic hydroxyl groups excluding tert-OH is 1. The Morgan fingerprint density at radius 2 is 1.77 bits per heavy atom. The smallest absolute Gasteiger partial charge is 0.255 e. The zero-order valence-corrected chi connectivity index (χ0v) is 17.4. The summed E-state index contributed by atoms with van der Waals surface area (Å²) in [5.74, 6) is 5.58. The van der Waals surface area contributed by atoms with Crippen molar-refractivity contribution in [3.63, 3.8) is 0 Å². The third kappa shape index (κ3) is 5.70. The van der Waals surface area contributed by atoms with Gasteiger partial charge in [0.2, 0.25) is 11.8 Å². The first-order valence-corrected chi connectivity index (χ1v) is 11.0. The highest BCUT2D eigenvalue weighted by Gasteiger charge is 2.38. The fraction of sp³-hybridized carbons (Fsp3) is 0.542. The van der Waals surface area contributed by atoms with Gasteiger partial charge in [0.15, 0.2) is 0 Å². The molecule has 2 aliphatic rings. The molecule has 1 fully saturated rings. The number of unbranched alkanes of at least 4 members (excludes halogenated alkanes) is 7. The van der Waals surface area contributed by atoms with Crippen LogP contribution in [0.4, 0.5) is 0 Å². The van der Waals surface area contributed by atoms with E-state index >= 15 is 0 Å². The van der Waals surface area contributed by atoms with Crippen molar-refractivity contribution in [3.05, 3.63) is 34.9 Å². The predicted molar refractivity (Wildman–Crippen MR) is 113 cm³/mol. The summed E-state index contributed by atoms with van der Waals surface area (Å²) < 4.78 is 0. The summed E-state index contributed by atoms with van der Waals surface area (Å²) in [6.07, 6.45) is 9.38. The number of rotatable bonds is 9. The van der Waals surface area contributed by atoms with E-state index in [1.54, 1.807) is 11.0 Å². The van der Waals surface area contributed by atoms with Gasteiger partial charge in [-0.1, -0.05) is 43.9 Å². The lowest BCUT2D eigenvalue weighted by Crippen LogP contribution is -2.52. The quantitative estimate of drug-likeness (QED) is 0.372. The van der Waals surface area contributed by atoms with Gasteiger partial charge < -0.3 is 10.0 Å². The summed E-state index contributed by atoms with van der Waals surface area (Å²) >= 11 is 0. The third-order valence-corrected chi connectivity index (χ3v) is 5.72. The molecule has 6 nitrogen and oxygen atoms in total. The van der Waals surface area contributed by atoms with Crippen LogP contribution in [0.3, 0.4) is 0 Å². The van der Waals surface area contributed by atoms with E-state index in [2.05, 4.69) is 17.2 Å². The molecule has 2 heterocycles. The van der Waals surface area contributed by atoms with Gasteiger partial charge in [0.05, 0.1) is 0 Å². The van der Waals surface area contributed by atoms with Crippen molar-refractivity contribution >= 4 is 17.7 Å². The van der Waals surface area contributed by atoms with Gasteiger partial charge in [0.25, 0.3) is 5.91 Å². The Morgan fingerprint density at radius 3 is 2.50 bits per heavy atom. The fourth-order valence-corrected chi connectivity index (χ4v) is 4.03. The SMILES string of the molecule is O=C1CCC(N2Cc3cc(C#CCCCCCCCCCO)ccc3C2=O)C(=O)N1. The van der Waals surface area contributed by atoms with Gasteiger partial charge in [-0.2, -0.15) is 0 Å². The molecule has 3 amide bonds. The molecule has 0 bridgehead atoms. The molecule has 0 spiro atoms. The van der Waals surface area contributed by atoms with E-state index < -0.39 is 6.04 Å². The van der Waals surface area contributed by atoms with Crippen LogP contribution < -0.4 is 5.32 Å². The molecule has 1 unspecified atom stereocenters. The number of carbonyl (C=O) groups is 3. The van der Waals surface area contributed by atoms with Crippen LogP contribution in [0.25, 0.3) is 0 Å². The molecule has 2 aliphatic heterocycles. The lowest BCUT2D eigenvalue weighted by molar-refractivity contribution is -0.136. The molecule has 0 aromatic heterocycles. The Labute approximate surface area is 178 Å². The molecule has 6 heteroatoms. The van der Waals surface area contributed by atoms with Gasteiger partial charge in [-0.15, -0.1) is 0 Å². The van der Waals surface area contributed by atoms with Gasteiger partial charge in [0.1, 0.15) is 6.04 Å². The van der Waals surface area contributed by atoms with Crippen LogP contribution in [0.5, 0.6) is 0 Å². The molecular weight excluding hydrogens is 380 g/mol. The van der Waals surface area contributed by atoms with Gasteiger partial charge in [-0.25, -0.2) is 0 Å². The molecular formula is C24H30N2O4. The van der Waals surface area contributed by atoms with Crippen molar-refractivity contribution in [2.75, 3.05) is 6.61 Å². The largest absolute Gasteiger partial charge is 0.396 e. The van der Waals surface area contributed by atoms with E-state index in [-0.39, 0.29) is 24.1 Å². The number of fused-ring (bicyclic) bond motifs is 1. The molecule has 30 heavy (non-hydrogen) atoms. The normalized spacial score (nSPS) is 18.1. The number of nitrogens with zero attached hydrogens (tertiary/aromatic N) is 1. The van der Waals surface area contributed by atoms with E-state index in [1.807, 2.05) is 12.1 Å². The molecule has 0 aliphatic carbocycles. The van der Waals surface area contributed by atoms with Crippen LogP contribution in [0.2, 0.25) is 0 Å². The minimum absolute atomic E-state index is 0.155. The van der Waals surface area contributed by atoms with Crippen LogP contribution in [0.15, 0.2) is 18.2 Å². The summed E-state index contributed by atoms with van der Waals surface area (Å²) in [4.78, 5) is 37.7. The second-order valence-electron chi connectivity index (χ2n) is 8.02. The van der Waals surface area contributed by atoms with Crippen LogP contribution in [0, 0.1) is 11.8 Å². The van der Waals surface area contributed by atoms with Crippen LogP contribution in [-0.2, 0) is 16.1 Å². The molecule has 0 radical (unpaired) electrons. The lowest BCUT2D eigenvalue weighted by Gasteiger charge is -2.29. The van der Waals surface area contributed by atoms with Crippen molar-refractivity contribution in [1.29, 1.82) is 0 Å². The highest BCUT2D eigenvalue weighted by atomic mass is 16.3. The minimum Gasteiger partial charge on any atom is -0.396 e. The summed E-state index contributed by atoms with van der Waals surface area (Å²) in [5, 5.41) is 11.1. The van der Waals surface area contributed by atoms with Crippen LogP contribution in [-0.4, -0.2) is 40.4 Å². The number of amides is 3. The van der Waals surface area contributed by atoms with Crippen LogP contribution in [0.1, 0.15) is 85.7 Å². The second-order valence-corrected chi connectivity index (χ2v) is 8.02. The van der Waals surface area contributed by atoms with Crippen molar-refractivity contribution in [2.24, 2.45) is 0 Å². The first kappa shape index (κ1) is 22.0. The highest BCUT2D eigenvalue weighted by molar-refractivity contribution is 6.05. The zero-order chi connectivity index (χ0) is 21.3. The van der Waals surface area contributed by atoms with Gasteiger partial charge in [-0.05, 0) is 43.0 Å². The first-order valence-electron chi connectivity index (χ1n) is 11.0. The maximum absolute atomic E-state index is 12.7. The number of carbonyl (C=O) groups excluding carboxylic acids is 3. The van der Waals surface area contributed by atoms with Gasteiger partial charge in [-0.3, -0.25) is 19.7 Å². The maximum atomic E-state index is 12.7. The number of hydrogen-bond donors (Lipinski definition) is 2. The summed E-state index contributed by atoms with van der Waals surface area (Å²) in [6.45, 7) is 0.674. The molecule has 0 saturated carbocycles. The standard InChI is InChI=1S/C24H30N2O4/c27-15-9-7-5-3-1-2-4-6-8-10-18-11-12-20-19(16-18)17-26(24(20)30)21-13-14-22(28)25-23(21)29/h11-12,16,21,27H,1-7,9,13-15,17H2,(H,25,28,29). The number of imide groups is 1. The zero-order valence-electron chi connectivity index (χ0n) is 17.4. The Morgan fingerprint density at radius 1 is 1.03 bits per heavy atom. The van der Waals surface area contributed by atoms with Gasteiger partial charge >= 0.3 is 0 Å². The number of aliphatic hydroxyl groups is 1. The van der Waals surface area contributed by atoms with Crippen molar-refractivity contribution in [1.82, 2.24) is 10.2 Å². The number of benzene rings is 1. The lowest BCUT2D eigenvalue weighted by atomic mass is 10.0. The molecule has 3 rings (SSSR count). The third-order valence-electron chi connectivity index (χ3n) is 5.72. The van der Waals surface area contributed by atoms with E-state index in [0.717, 1.165) is 36.8 Å². The van der Waals surface area contributed by atoms with E-state index in [4.69, 9.17) is 5.11 Å². The predicted octanol–water partition coefficient (Wildman–Crippen LogP) is 2.91. The first-order chi connectivity index (χ1) is 14.6. The van der Waals surface area contributed by atoms with E-state index in [0.29, 0.717) is 25.1 Å². The Hall–Kier alpha value is -2.65. The summed E-state index contributed by atoms with van der Waals surface area (Å²) in [5.41, 5.74) is 2.39. The highest BCUT2D eigenvalue weighted by Crippen LogP contribution is 2.28. The van der Waals surface area contributed by atoms with E-state index in [1.165, 1.54) is 25.7 Å². The monoisotopic (exact) mass is 410 g/mol. The number of nitrogens with one attached hydrogen (secondary N) is 1. The fourth-order valence-electron chi connectivity index (χ4n) is 4.03. The molecule has 1 aromatic rings. The van der Waals surface area contributed by atoms with Crippen LogP contribution >= 0.6 is 0 Å². The number of piperidine rings is 1. The molecule has 1 atom stereocenters. The van der Waals surface area contributed by atoms with Crippen molar-refractivity contribution in [2.45, 2.75) is 76.8 Å². The summed E-state index contributed by atoms with van der Waals surface area (Å²) in [7, 11) is 0. The Balaban J connectivity index is 1.47. The topological polar surface area (TPSA) is 86.7 Å². The Bertz CT molecular complexity index is 852. The summed E-state index contributed by atoms with van der Waals surface area (Å²) in [6, 6.07) is 5.01. The average Bonchev–Trinajstić information content (AvgIpc) is 3.05. The molecule has 1 saturated heterocycles. The second kappa shape index (κ2) is 10.9. The molecule has 2 N–H and O–H groups in total. The maximum Gasteiger partial charge on any atom is 0.255 e. The van der Waals surface area contributed by atoms with Crippen molar-refractivity contribution in [3.8, 4) is 11.8 Å². The Kier molecular flexibility index (Phi) is 8.04. The van der Waals surface area contributed by atoms with E-state index in [9.17, 15) is 14.4 Å².